The van der Waals surface area contributed by atoms with E-state index in [9.17, 15) is 28.9 Å². The van der Waals surface area contributed by atoms with Gasteiger partial charge in [0.2, 0.25) is 5.75 Å². The maximum atomic E-state index is 13.1. The van der Waals surface area contributed by atoms with Crippen LogP contribution in [-0.4, -0.2) is 29.9 Å². The summed E-state index contributed by atoms with van der Waals surface area (Å²) in [5, 5.41) is 13.1. The van der Waals surface area contributed by atoms with Crippen LogP contribution < -0.4 is 15.0 Å². The molecule has 10 heteroatoms. The molecule has 2 aromatic rings. The van der Waals surface area contributed by atoms with Gasteiger partial charge in [0.05, 0.1) is 17.7 Å². The Hall–Kier alpha value is -4.08. The van der Waals surface area contributed by atoms with Crippen molar-refractivity contribution in [2.24, 2.45) is 0 Å². The summed E-state index contributed by atoms with van der Waals surface area (Å²) in [6.45, 7) is 0. The van der Waals surface area contributed by atoms with Gasteiger partial charge in [-0.3, -0.25) is 25.0 Å². The van der Waals surface area contributed by atoms with E-state index in [1.54, 1.807) is 0 Å². The first-order valence-electron chi connectivity index (χ1n) is 7.82. The van der Waals surface area contributed by atoms with E-state index in [4.69, 9.17) is 4.74 Å². The van der Waals surface area contributed by atoms with Crippen LogP contribution in [0.1, 0.15) is 5.56 Å². The molecule has 1 saturated heterocycles. The number of anilines is 1. The summed E-state index contributed by atoms with van der Waals surface area (Å²) in [4.78, 5) is 48.2. The minimum absolute atomic E-state index is 0.0494. The highest BCUT2D eigenvalue weighted by Crippen LogP contribution is 2.33. The van der Waals surface area contributed by atoms with Gasteiger partial charge in [-0.15, -0.1) is 0 Å². The Morgan fingerprint density at radius 2 is 1.82 bits per heavy atom. The molecule has 142 valence electrons. The predicted molar refractivity (Wildman–Crippen MR) is 95.1 cm³/mol. The van der Waals surface area contributed by atoms with E-state index in [-0.39, 0.29) is 22.7 Å². The Labute approximate surface area is 157 Å². The van der Waals surface area contributed by atoms with Gasteiger partial charge in [0.1, 0.15) is 11.4 Å². The van der Waals surface area contributed by atoms with E-state index in [0.29, 0.717) is 4.90 Å². The van der Waals surface area contributed by atoms with Gasteiger partial charge in [0.25, 0.3) is 11.8 Å². The number of nitrogens with one attached hydrogen (secondary N) is 1. The number of imide groups is 2. The molecule has 0 radical (unpaired) electrons. The first-order chi connectivity index (χ1) is 13.3. The lowest BCUT2D eigenvalue weighted by molar-refractivity contribution is -0.385. The molecule has 0 saturated carbocycles. The number of urea groups is 1. The van der Waals surface area contributed by atoms with Crippen molar-refractivity contribution in [2.45, 2.75) is 0 Å². The molecule has 0 aromatic heterocycles. The third kappa shape index (κ3) is 3.30. The van der Waals surface area contributed by atoms with Crippen LogP contribution in [0.3, 0.4) is 0 Å². The minimum Gasteiger partial charge on any atom is -0.490 e. The predicted octanol–water partition coefficient (Wildman–Crippen LogP) is 2.41. The topological polar surface area (TPSA) is 119 Å². The Bertz CT molecular complexity index is 1030. The second-order valence-electron chi connectivity index (χ2n) is 5.59. The molecule has 0 unspecified atom stereocenters. The summed E-state index contributed by atoms with van der Waals surface area (Å²) >= 11 is 0. The van der Waals surface area contributed by atoms with Crippen molar-refractivity contribution in [1.82, 2.24) is 5.32 Å². The summed E-state index contributed by atoms with van der Waals surface area (Å²) in [6, 6.07) is 7.50. The lowest BCUT2D eigenvalue weighted by Crippen LogP contribution is -2.54. The molecule has 1 N–H and O–H groups in total. The van der Waals surface area contributed by atoms with Crippen LogP contribution in [0.2, 0.25) is 0 Å². The molecule has 0 atom stereocenters. The summed E-state index contributed by atoms with van der Waals surface area (Å²) in [5.74, 6) is -2.65. The number of barbiturate groups is 1. The quantitative estimate of drug-likeness (QED) is 0.374. The standard InChI is InChI=1S/C18H12FN3O6/c1-28-15-10(3-2-4-14(15)22(26)27)9-13-16(23)20-18(25)21(17(13)24)12-7-5-11(19)6-8-12/h2-9H,1H3,(H,20,23,25)/b13-9+. The van der Waals surface area contributed by atoms with Gasteiger partial charge in [0, 0.05) is 11.6 Å². The molecular weight excluding hydrogens is 373 g/mol. The number of nitro groups is 1. The maximum Gasteiger partial charge on any atom is 0.335 e. The summed E-state index contributed by atoms with van der Waals surface area (Å²) in [6.07, 6.45) is 1.09. The van der Waals surface area contributed by atoms with E-state index < -0.39 is 34.2 Å². The maximum absolute atomic E-state index is 13.1. The zero-order chi connectivity index (χ0) is 20.4. The molecule has 1 heterocycles. The number of amides is 4. The number of nitro benzene ring substituents is 1. The third-order valence-electron chi connectivity index (χ3n) is 3.91. The molecule has 28 heavy (non-hydrogen) atoms. The van der Waals surface area contributed by atoms with Crippen LogP contribution in [0.4, 0.5) is 20.6 Å². The van der Waals surface area contributed by atoms with Crippen LogP contribution in [0.15, 0.2) is 48.0 Å². The number of ether oxygens (including phenoxy) is 1. The average molecular weight is 385 g/mol. The number of hydrogen-bond acceptors (Lipinski definition) is 6. The number of benzene rings is 2. The number of hydrogen-bond donors (Lipinski definition) is 1. The van der Waals surface area contributed by atoms with E-state index in [0.717, 1.165) is 18.2 Å². The van der Waals surface area contributed by atoms with Gasteiger partial charge in [-0.1, -0.05) is 12.1 Å². The Balaban J connectivity index is 2.08. The number of methoxy groups -OCH3 is 1. The lowest BCUT2D eigenvalue weighted by Gasteiger charge is -2.26. The number of carbonyl (C=O) groups is 3. The van der Waals surface area contributed by atoms with Crippen molar-refractivity contribution < 1.29 is 28.4 Å². The van der Waals surface area contributed by atoms with Crippen LogP contribution >= 0.6 is 0 Å². The number of rotatable bonds is 4. The van der Waals surface area contributed by atoms with Crippen molar-refractivity contribution in [3.05, 3.63) is 69.5 Å². The molecule has 1 aliphatic rings. The highest BCUT2D eigenvalue weighted by Gasteiger charge is 2.37. The molecule has 1 aliphatic heterocycles. The molecule has 0 spiro atoms. The van der Waals surface area contributed by atoms with Crippen LogP contribution in [0.25, 0.3) is 6.08 Å². The molecule has 9 nitrogen and oxygen atoms in total. The van der Waals surface area contributed by atoms with Gasteiger partial charge >= 0.3 is 11.7 Å². The highest BCUT2D eigenvalue weighted by atomic mass is 19.1. The normalized spacial score (nSPS) is 15.6. The van der Waals surface area contributed by atoms with E-state index in [1.807, 2.05) is 5.32 Å². The second-order valence-corrected chi connectivity index (χ2v) is 5.59. The summed E-state index contributed by atoms with van der Waals surface area (Å²) in [5.41, 5.74) is -0.647. The van der Waals surface area contributed by atoms with Crippen LogP contribution in [-0.2, 0) is 9.59 Å². The first-order valence-corrected chi connectivity index (χ1v) is 7.82. The van der Waals surface area contributed by atoms with Crippen molar-refractivity contribution in [3.63, 3.8) is 0 Å². The van der Waals surface area contributed by atoms with Gasteiger partial charge in [-0.25, -0.2) is 14.1 Å². The van der Waals surface area contributed by atoms with Gasteiger partial charge in [-0.05, 0) is 30.3 Å². The lowest BCUT2D eigenvalue weighted by atomic mass is 10.1. The smallest absolute Gasteiger partial charge is 0.335 e. The Morgan fingerprint density at radius 1 is 1.14 bits per heavy atom. The Morgan fingerprint density at radius 3 is 2.43 bits per heavy atom. The fraction of sp³-hybridized carbons (Fsp3) is 0.0556. The molecular formula is C18H12FN3O6. The van der Waals surface area contributed by atoms with Gasteiger partial charge < -0.3 is 4.74 Å². The SMILES string of the molecule is COc1c(/C=C2\C(=O)NC(=O)N(c3ccc(F)cc3)C2=O)cccc1[N+](=O)[O-]. The zero-order valence-corrected chi connectivity index (χ0v) is 14.3. The Kier molecular flexibility index (Phi) is 4.86. The fourth-order valence-electron chi connectivity index (χ4n) is 2.66. The van der Waals surface area contributed by atoms with Crippen molar-refractivity contribution in [2.75, 3.05) is 12.0 Å². The molecule has 0 bridgehead atoms. The number of nitrogens with zero attached hydrogens (tertiary/aromatic N) is 2. The van der Waals surface area contributed by atoms with Crippen molar-refractivity contribution >= 4 is 35.3 Å². The minimum atomic E-state index is -0.996. The van der Waals surface area contributed by atoms with Crippen molar-refractivity contribution in [3.8, 4) is 5.75 Å². The monoisotopic (exact) mass is 385 g/mol. The van der Waals surface area contributed by atoms with Crippen LogP contribution in [0, 0.1) is 15.9 Å². The highest BCUT2D eigenvalue weighted by molar-refractivity contribution is 6.39. The van der Waals surface area contributed by atoms with Crippen molar-refractivity contribution in [1.29, 1.82) is 0 Å². The molecule has 3 rings (SSSR count). The summed E-state index contributed by atoms with van der Waals surface area (Å²) in [7, 11) is 1.21. The van der Waals surface area contributed by atoms with E-state index >= 15 is 0 Å². The number of carbonyl (C=O) groups excluding carboxylic acids is 3. The second kappa shape index (κ2) is 7.27. The van der Waals surface area contributed by atoms with Gasteiger partial charge in [0.15, 0.2) is 0 Å². The molecule has 1 fully saturated rings. The van der Waals surface area contributed by atoms with Crippen LogP contribution in [0.5, 0.6) is 5.75 Å². The third-order valence-corrected chi connectivity index (χ3v) is 3.91. The fourth-order valence-corrected chi connectivity index (χ4v) is 2.66. The van der Waals surface area contributed by atoms with E-state index in [1.165, 1.54) is 37.4 Å². The molecule has 2 aromatic carbocycles. The number of para-hydroxylation sites is 1. The summed E-state index contributed by atoms with van der Waals surface area (Å²) < 4.78 is 18.2. The largest absolute Gasteiger partial charge is 0.490 e. The molecule has 0 aliphatic carbocycles. The van der Waals surface area contributed by atoms with Gasteiger partial charge in [-0.2, -0.15) is 0 Å². The average Bonchev–Trinajstić information content (AvgIpc) is 2.66. The molecule has 4 amide bonds. The number of halogens is 1. The first kappa shape index (κ1) is 18.7. The zero-order valence-electron chi connectivity index (χ0n) is 14.3. The van der Waals surface area contributed by atoms with E-state index in [2.05, 4.69) is 0 Å².